The Hall–Kier alpha value is -0.730. The lowest BCUT2D eigenvalue weighted by Gasteiger charge is -2.07. The molecule has 0 saturated heterocycles. The lowest BCUT2D eigenvalue weighted by molar-refractivity contribution is 0.240. The van der Waals surface area contributed by atoms with Crippen molar-refractivity contribution in [3.8, 4) is 0 Å². The molecule has 0 heterocycles. The quantitative estimate of drug-likeness (QED) is 0.471. The summed E-state index contributed by atoms with van der Waals surface area (Å²) in [6.45, 7) is 6.07. The summed E-state index contributed by atoms with van der Waals surface area (Å²) in [5.74, 6) is 0. The summed E-state index contributed by atoms with van der Waals surface area (Å²) < 4.78 is 0. The molecule has 3 nitrogen and oxygen atoms in total. The molecule has 0 aliphatic rings. The molecule has 0 aliphatic carbocycles. The van der Waals surface area contributed by atoms with Gasteiger partial charge in [-0.2, -0.15) is 0 Å². The van der Waals surface area contributed by atoms with Crippen LogP contribution in [0.1, 0.15) is 84.5 Å². The van der Waals surface area contributed by atoms with Gasteiger partial charge in [-0.25, -0.2) is 4.79 Å². The van der Waals surface area contributed by atoms with Crippen molar-refractivity contribution in [1.29, 1.82) is 0 Å². The Bertz CT molecular complexity index is 195. The number of urea groups is 1. The molecule has 0 aromatic rings. The molecule has 2 N–H and O–H groups in total. The fourth-order valence-corrected chi connectivity index (χ4v) is 2.10. The zero-order chi connectivity index (χ0) is 14.2. The first-order valence-electron chi connectivity index (χ1n) is 8.33. The Morgan fingerprint density at radius 3 is 1.42 bits per heavy atom. The Kier molecular flexibility index (Phi) is 14.7. The van der Waals surface area contributed by atoms with Crippen LogP contribution in [0.25, 0.3) is 0 Å². The molecule has 0 spiro atoms. The first-order chi connectivity index (χ1) is 9.31. The first-order valence-corrected chi connectivity index (χ1v) is 8.33. The van der Waals surface area contributed by atoms with E-state index < -0.39 is 0 Å². The second-order valence-corrected chi connectivity index (χ2v) is 5.36. The Morgan fingerprint density at radius 2 is 1.00 bits per heavy atom. The van der Waals surface area contributed by atoms with Crippen molar-refractivity contribution in [2.75, 3.05) is 13.1 Å². The third-order valence-electron chi connectivity index (χ3n) is 3.38. The second-order valence-electron chi connectivity index (χ2n) is 5.36. The summed E-state index contributed by atoms with van der Waals surface area (Å²) in [4.78, 5) is 11.4. The van der Waals surface area contributed by atoms with E-state index in [0.29, 0.717) is 0 Å². The van der Waals surface area contributed by atoms with Crippen molar-refractivity contribution < 1.29 is 4.79 Å². The van der Waals surface area contributed by atoms with Crippen LogP contribution in [-0.4, -0.2) is 19.1 Å². The van der Waals surface area contributed by atoms with Crippen LogP contribution in [0.5, 0.6) is 0 Å². The van der Waals surface area contributed by atoms with Gasteiger partial charge in [-0.3, -0.25) is 0 Å². The number of carbonyl (C=O) groups excluding carboxylic acids is 1. The Labute approximate surface area is 119 Å². The highest BCUT2D eigenvalue weighted by Gasteiger charge is 1.98. The summed E-state index contributed by atoms with van der Waals surface area (Å²) >= 11 is 0. The Balaban J connectivity index is 3.13. The number of hydrogen-bond acceptors (Lipinski definition) is 1. The molecule has 0 bridgehead atoms. The molecule has 0 aromatic carbocycles. The van der Waals surface area contributed by atoms with Crippen molar-refractivity contribution in [1.82, 2.24) is 10.6 Å². The molecule has 3 heteroatoms. The molecule has 0 radical (unpaired) electrons. The molecule has 0 saturated carbocycles. The van der Waals surface area contributed by atoms with Crippen molar-refractivity contribution in [3.63, 3.8) is 0 Å². The highest BCUT2D eigenvalue weighted by atomic mass is 16.2. The summed E-state index contributed by atoms with van der Waals surface area (Å²) in [6, 6.07) is 0.00375. The largest absolute Gasteiger partial charge is 0.338 e. The molecule has 0 aliphatic heterocycles. The van der Waals surface area contributed by atoms with E-state index in [2.05, 4.69) is 24.5 Å². The standard InChI is InChI=1S/C16H34N2O/c1-3-5-7-9-11-13-15-18-16(19)17-14-12-10-8-6-4-2/h3-15H2,1-2H3,(H2,17,18,19). The number of hydrogen-bond donors (Lipinski definition) is 2. The van der Waals surface area contributed by atoms with Gasteiger partial charge in [0.15, 0.2) is 0 Å². The van der Waals surface area contributed by atoms with Crippen molar-refractivity contribution >= 4 is 6.03 Å². The predicted octanol–water partition coefficient (Wildman–Crippen LogP) is 4.62. The van der Waals surface area contributed by atoms with Gasteiger partial charge in [0.1, 0.15) is 0 Å². The highest BCUT2D eigenvalue weighted by molar-refractivity contribution is 5.73. The summed E-state index contributed by atoms with van der Waals surface area (Å²) in [5, 5.41) is 5.85. The van der Waals surface area contributed by atoms with Gasteiger partial charge in [-0.1, -0.05) is 71.6 Å². The third kappa shape index (κ3) is 15.2. The molecule has 0 unspecified atom stereocenters. The Morgan fingerprint density at radius 1 is 0.632 bits per heavy atom. The first kappa shape index (κ1) is 18.3. The minimum atomic E-state index is 0.00375. The monoisotopic (exact) mass is 270 g/mol. The number of rotatable bonds is 13. The maximum atomic E-state index is 11.4. The third-order valence-corrected chi connectivity index (χ3v) is 3.38. The molecule has 0 atom stereocenters. The average Bonchev–Trinajstić information content (AvgIpc) is 2.41. The van der Waals surface area contributed by atoms with Gasteiger partial charge in [0, 0.05) is 13.1 Å². The maximum absolute atomic E-state index is 11.4. The van der Waals surface area contributed by atoms with Gasteiger partial charge in [0.05, 0.1) is 0 Å². The number of nitrogens with one attached hydrogen (secondary N) is 2. The molecule has 0 aromatic heterocycles. The van der Waals surface area contributed by atoms with Crippen LogP contribution >= 0.6 is 0 Å². The smallest absolute Gasteiger partial charge is 0.314 e. The fraction of sp³-hybridized carbons (Fsp3) is 0.938. The van der Waals surface area contributed by atoms with Gasteiger partial charge >= 0.3 is 6.03 Å². The molecule has 19 heavy (non-hydrogen) atoms. The fourth-order valence-electron chi connectivity index (χ4n) is 2.10. The van der Waals surface area contributed by atoms with Gasteiger partial charge in [-0.05, 0) is 12.8 Å². The zero-order valence-corrected chi connectivity index (χ0v) is 13.1. The topological polar surface area (TPSA) is 41.1 Å². The zero-order valence-electron chi connectivity index (χ0n) is 13.1. The molecule has 0 rings (SSSR count). The average molecular weight is 270 g/mol. The second kappa shape index (κ2) is 15.3. The van der Waals surface area contributed by atoms with E-state index in [4.69, 9.17) is 0 Å². The highest BCUT2D eigenvalue weighted by Crippen LogP contribution is 2.04. The number of unbranched alkanes of at least 4 members (excludes halogenated alkanes) is 9. The van der Waals surface area contributed by atoms with Crippen LogP contribution in [0.3, 0.4) is 0 Å². The molecule has 2 amide bonds. The SMILES string of the molecule is CCCCCCCCNC(=O)NCCCCCCC. The minimum Gasteiger partial charge on any atom is -0.338 e. The van der Waals surface area contributed by atoms with Crippen molar-refractivity contribution in [2.24, 2.45) is 0 Å². The van der Waals surface area contributed by atoms with E-state index in [1.807, 2.05) is 0 Å². The van der Waals surface area contributed by atoms with E-state index in [9.17, 15) is 4.79 Å². The normalized spacial score (nSPS) is 10.4. The molecule has 0 fully saturated rings. The van der Waals surface area contributed by atoms with E-state index >= 15 is 0 Å². The lowest BCUT2D eigenvalue weighted by atomic mass is 10.1. The summed E-state index contributed by atoms with van der Waals surface area (Å²) in [6.07, 6.45) is 13.8. The van der Waals surface area contributed by atoms with Crippen LogP contribution in [0.15, 0.2) is 0 Å². The number of amides is 2. The number of carbonyl (C=O) groups is 1. The summed E-state index contributed by atoms with van der Waals surface area (Å²) in [7, 11) is 0. The van der Waals surface area contributed by atoms with Crippen LogP contribution < -0.4 is 10.6 Å². The molecular weight excluding hydrogens is 236 g/mol. The van der Waals surface area contributed by atoms with E-state index in [1.165, 1.54) is 57.8 Å². The van der Waals surface area contributed by atoms with E-state index in [-0.39, 0.29) is 6.03 Å². The molecule has 114 valence electrons. The van der Waals surface area contributed by atoms with E-state index in [0.717, 1.165) is 25.9 Å². The van der Waals surface area contributed by atoms with Gasteiger partial charge in [0.2, 0.25) is 0 Å². The summed E-state index contributed by atoms with van der Waals surface area (Å²) in [5.41, 5.74) is 0. The van der Waals surface area contributed by atoms with Crippen LogP contribution in [-0.2, 0) is 0 Å². The molecular formula is C16H34N2O. The van der Waals surface area contributed by atoms with Crippen molar-refractivity contribution in [2.45, 2.75) is 84.5 Å². The van der Waals surface area contributed by atoms with Crippen molar-refractivity contribution in [3.05, 3.63) is 0 Å². The lowest BCUT2D eigenvalue weighted by Crippen LogP contribution is -2.36. The van der Waals surface area contributed by atoms with Crippen LogP contribution in [0, 0.1) is 0 Å². The van der Waals surface area contributed by atoms with Gasteiger partial charge in [0.25, 0.3) is 0 Å². The van der Waals surface area contributed by atoms with Crippen LogP contribution in [0.2, 0.25) is 0 Å². The van der Waals surface area contributed by atoms with Gasteiger partial charge < -0.3 is 10.6 Å². The van der Waals surface area contributed by atoms with Gasteiger partial charge in [-0.15, -0.1) is 0 Å². The minimum absolute atomic E-state index is 0.00375. The maximum Gasteiger partial charge on any atom is 0.314 e. The van der Waals surface area contributed by atoms with E-state index in [1.54, 1.807) is 0 Å². The predicted molar refractivity (Wildman–Crippen MR) is 83.5 cm³/mol. The van der Waals surface area contributed by atoms with Crippen LogP contribution in [0.4, 0.5) is 4.79 Å².